The molecule has 136 valence electrons. The van der Waals surface area contributed by atoms with E-state index in [0.29, 0.717) is 36.8 Å². The number of benzene rings is 2. The van der Waals surface area contributed by atoms with Gasteiger partial charge in [-0.15, -0.1) is 0 Å². The number of halogens is 1. The van der Waals surface area contributed by atoms with Crippen LogP contribution in [-0.4, -0.2) is 37.1 Å². The molecule has 2 aromatic rings. The monoisotopic (exact) mass is 355 g/mol. The van der Waals surface area contributed by atoms with Crippen LogP contribution in [0, 0.1) is 5.82 Å². The molecule has 0 bridgehead atoms. The van der Waals surface area contributed by atoms with E-state index in [1.54, 1.807) is 6.07 Å². The number of likely N-dealkylation sites (tertiary alicyclic amines) is 1. The number of nitrogens with zero attached hydrogens (tertiary/aromatic N) is 1. The zero-order chi connectivity index (χ0) is 17.9. The summed E-state index contributed by atoms with van der Waals surface area (Å²) in [5, 5.41) is 0. The first-order valence-electron chi connectivity index (χ1n) is 9.16. The van der Waals surface area contributed by atoms with Gasteiger partial charge in [0.05, 0.1) is 5.56 Å². The molecule has 1 saturated heterocycles. The highest BCUT2D eigenvalue weighted by Crippen LogP contribution is 2.35. The third-order valence-electron chi connectivity index (χ3n) is 5.10. The van der Waals surface area contributed by atoms with Gasteiger partial charge in [-0.1, -0.05) is 24.6 Å². The van der Waals surface area contributed by atoms with Gasteiger partial charge < -0.3 is 14.4 Å². The third kappa shape index (κ3) is 3.39. The molecule has 2 heterocycles. The minimum atomic E-state index is -0.233. The number of hydrogen-bond acceptors (Lipinski definition) is 3. The number of carbonyl (C=O) groups excluding carboxylic acids is 1. The number of carbonyl (C=O) groups is 1. The predicted molar refractivity (Wildman–Crippen MR) is 96.3 cm³/mol. The second-order valence-electron chi connectivity index (χ2n) is 6.83. The van der Waals surface area contributed by atoms with Gasteiger partial charge in [-0.05, 0) is 42.7 Å². The Kier molecular flexibility index (Phi) is 4.78. The molecule has 1 fully saturated rings. The van der Waals surface area contributed by atoms with Crippen LogP contribution in [0.1, 0.15) is 41.1 Å². The highest BCUT2D eigenvalue weighted by Gasteiger charge is 2.28. The van der Waals surface area contributed by atoms with E-state index in [9.17, 15) is 9.18 Å². The molecular weight excluding hydrogens is 333 g/mol. The maximum absolute atomic E-state index is 13.2. The Morgan fingerprint density at radius 3 is 2.69 bits per heavy atom. The summed E-state index contributed by atoms with van der Waals surface area (Å²) in [4.78, 5) is 15.1. The summed E-state index contributed by atoms with van der Waals surface area (Å²) >= 11 is 0. The average molecular weight is 355 g/mol. The third-order valence-corrected chi connectivity index (χ3v) is 5.10. The molecule has 5 heteroatoms. The smallest absolute Gasteiger partial charge is 0.257 e. The number of amides is 1. The van der Waals surface area contributed by atoms with Crippen molar-refractivity contribution < 1.29 is 18.7 Å². The second-order valence-corrected chi connectivity index (χ2v) is 6.83. The van der Waals surface area contributed by atoms with Crippen molar-refractivity contribution in [1.29, 1.82) is 0 Å². The lowest BCUT2D eigenvalue weighted by Crippen LogP contribution is -2.34. The first-order chi connectivity index (χ1) is 12.7. The van der Waals surface area contributed by atoms with Gasteiger partial charge >= 0.3 is 0 Å². The summed E-state index contributed by atoms with van der Waals surface area (Å²) in [6, 6.07) is 12.1. The zero-order valence-electron chi connectivity index (χ0n) is 14.6. The quantitative estimate of drug-likeness (QED) is 0.817. The summed E-state index contributed by atoms with van der Waals surface area (Å²) in [6.07, 6.45) is 3.02. The Morgan fingerprint density at radius 1 is 1.04 bits per heavy atom. The summed E-state index contributed by atoms with van der Waals surface area (Å²) < 4.78 is 24.5. The van der Waals surface area contributed by atoms with Crippen molar-refractivity contribution >= 4 is 5.91 Å². The SMILES string of the molecule is O=C(c1cccc2c1OCCO2)N1CCCCC(c2ccc(F)cc2)C1. The van der Waals surface area contributed by atoms with Crippen molar-refractivity contribution in [2.24, 2.45) is 0 Å². The van der Waals surface area contributed by atoms with Crippen molar-refractivity contribution in [2.75, 3.05) is 26.3 Å². The average Bonchev–Trinajstić information content (AvgIpc) is 2.94. The number of ether oxygens (including phenoxy) is 2. The van der Waals surface area contributed by atoms with Gasteiger partial charge in [0.2, 0.25) is 0 Å². The topological polar surface area (TPSA) is 38.8 Å². The van der Waals surface area contributed by atoms with Crippen LogP contribution in [0.4, 0.5) is 4.39 Å². The lowest BCUT2D eigenvalue weighted by molar-refractivity contribution is 0.0744. The molecule has 26 heavy (non-hydrogen) atoms. The Bertz CT molecular complexity index is 790. The maximum atomic E-state index is 13.2. The number of rotatable bonds is 2. The van der Waals surface area contributed by atoms with Gasteiger partial charge in [0.25, 0.3) is 5.91 Å². The summed E-state index contributed by atoms with van der Waals surface area (Å²) in [6.45, 7) is 2.31. The van der Waals surface area contributed by atoms with Crippen molar-refractivity contribution in [3.8, 4) is 11.5 Å². The van der Waals surface area contributed by atoms with Crippen LogP contribution in [0.15, 0.2) is 42.5 Å². The van der Waals surface area contributed by atoms with E-state index >= 15 is 0 Å². The van der Waals surface area contributed by atoms with Crippen molar-refractivity contribution in [1.82, 2.24) is 4.90 Å². The van der Waals surface area contributed by atoms with Crippen LogP contribution in [0.2, 0.25) is 0 Å². The van der Waals surface area contributed by atoms with E-state index < -0.39 is 0 Å². The molecule has 1 atom stereocenters. The van der Waals surface area contributed by atoms with E-state index in [0.717, 1.165) is 31.4 Å². The lowest BCUT2D eigenvalue weighted by Gasteiger charge is -2.27. The molecule has 4 nitrogen and oxygen atoms in total. The number of para-hydroxylation sites is 1. The van der Waals surface area contributed by atoms with Gasteiger partial charge in [-0.25, -0.2) is 4.39 Å². The van der Waals surface area contributed by atoms with E-state index in [-0.39, 0.29) is 17.6 Å². The van der Waals surface area contributed by atoms with Gasteiger partial charge in [0.1, 0.15) is 19.0 Å². The molecule has 0 aromatic heterocycles. The fourth-order valence-corrected chi connectivity index (χ4v) is 3.75. The molecule has 0 radical (unpaired) electrons. The van der Waals surface area contributed by atoms with Crippen molar-refractivity contribution in [3.05, 3.63) is 59.4 Å². The predicted octanol–water partition coefficient (Wildman–Crippen LogP) is 4.01. The molecule has 0 aliphatic carbocycles. The normalized spacial score (nSPS) is 19.7. The van der Waals surface area contributed by atoms with Crippen molar-refractivity contribution in [3.63, 3.8) is 0 Å². The molecule has 0 N–H and O–H groups in total. The number of fused-ring (bicyclic) bond motifs is 1. The fraction of sp³-hybridized carbons (Fsp3) is 0.381. The molecule has 0 saturated carbocycles. The molecule has 4 rings (SSSR count). The van der Waals surface area contributed by atoms with Crippen LogP contribution in [0.25, 0.3) is 0 Å². The zero-order valence-corrected chi connectivity index (χ0v) is 14.6. The van der Waals surface area contributed by atoms with E-state index in [1.807, 2.05) is 29.2 Å². The molecule has 2 aliphatic rings. The van der Waals surface area contributed by atoms with Gasteiger partial charge in [0, 0.05) is 19.0 Å². The Balaban J connectivity index is 1.58. The Hall–Kier alpha value is -2.56. The van der Waals surface area contributed by atoms with E-state index in [4.69, 9.17) is 9.47 Å². The van der Waals surface area contributed by atoms with Gasteiger partial charge in [0.15, 0.2) is 11.5 Å². The fourth-order valence-electron chi connectivity index (χ4n) is 3.75. The minimum Gasteiger partial charge on any atom is -0.486 e. The number of hydrogen-bond donors (Lipinski definition) is 0. The summed E-state index contributed by atoms with van der Waals surface area (Å²) in [5.74, 6) is 1.14. The van der Waals surface area contributed by atoms with Crippen LogP contribution < -0.4 is 9.47 Å². The van der Waals surface area contributed by atoms with Crippen molar-refractivity contribution in [2.45, 2.75) is 25.2 Å². The van der Waals surface area contributed by atoms with Gasteiger partial charge in [-0.2, -0.15) is 0 Å². The summed E-state index contributed by atoms with van der Waals surface area (Å²) in [7, 11) is 0. The standard InChI is InChI=1S/C21H22FNO3/c22-17-9-7-15(8-10-17)16-4-1-2-11-23(14-16)21(24)18-5-3-6-19-20(18)26-13-12-25-19/h3,5-10,16H,1-2,4,11-14H2. The molecular formula is C21H22FNO3. The van der Waals surface area contributed by atoms with Crippen LogP contribution in [0.3, 0.4) is 0 Å². The van der Waals surface area contributed by atoms with Crippen LogP contribution >= 0.6 is 0 Å². The van der Waals surface area contributed by atoms with E-state index in [2.05, 4.69) is 0 Å². The highest BCUT2D eigenvalue weighted by atomic mass is 19.1. The largest absolute Gasteiger partial charge is 0.486 e. The Labute approximate surface area is 152 Å². The van der Waals surface area contributed by atoms with E-state index in [1.165, 1.54) is 12.1 Å². The lowest BCUT2D eigenvalue weighted by atomic mass is 9.94. The molecule has 2 aliphatic heterocycles. The maximum Gasteiger partial charge on any atom is 0.257 e. The van der Waals surface area contributed by atoms with Crippen LogP contribution in [-0.2, 0) is 0 Å². The Morgan fingerprint density at radius 2 is 1.85 bits per heavy atom. The summed E-state index contributed by atoms with van der Waals surface area (Å²) in [5.41, 5.74) is 1.64. The molecule has 2 aromatic carbocycles. The minimum absolute atomic E-state index is 0.0265. The van der Waals surface area contributed by atoms with Gasteiger partial charge in [-0.3, -0.25) is 4.79 Å². The first kappa shape index (κ1) is 16.9. The molecule has 1 unspecified atom stereocenters. The molecule has 0 spiro atoms. The van der Waals surface area contributed by atoms with Crippen LogP contribution in [0.5, 0.6) is 11.5 Å². The molecule has 1 amide bonds. The second kappa shape index (κ2) is 7.36. The first-order valence-corrected chi connectivity index (χ1v) is 9.16. The highest BCUT2D eigenvalue weighted by molar-refractivity contribution is 5.98.